The van der Waals surface area contributed by atoms with Crippen LogP contribution in [0.4, 0.5) is 13.2 Å². The fourth-order valence-corrected chi connectivity index (χ4v) is 5.02. The summed E-state index contributed by atoms with van der Waals surface area (Å²) in [6.45, 7) is 1.09. The van der Waals surface area contributed by atoms with E-state index in [2.05, 4.69) is 10.1 Å². The Morgan fingerprint density at radius 3 is 2.50 bits per heavy atom. The number of hydroxylamine groups is 2. The Morgan fingerprint density at radius 1 is 1.05 bits per heavy atom. The fraction of sp³-hybridized carbons (Fsp3) is 0.241. The number of aromatic nitrogens is 3. The molecule has 0 bridgehead atoms. The highest BCUT2D eigenvalue weighted by Crippen LogP contribution is 2.33. The second-order valence-corrected chi connectivity index (χ2v) is 10.1. The van der Waals surface area contributed by atoms with Crippen molar-refractivity contribution >= 4 is 11.8 Å². The summed E-state index contributed by atoms with van der Waals surface area (Å²) in [5.41, 5.74) is 7.11. The Labute approximate surface area is 238 Å². The van der Waals surface area contributed by atoms with E-state index in [1.807, 2.05) is 4.90 Å². The molecule has 3 atom stereocenters. The molecular formula is C29H27F3N6O4. The molecule has 0 saturated carbocycles. The van der Waals surface area contributed by atoms with Crippen LogP contribution < -0.4 is 10.8 Å². The van der Waals surface area contributed by atoms with Crippen LogP contribution in [-0.4, -0.2) is 48.7 Å². The van der Waals surface area contributed by atoms with E-state index >= 15 is 0 Å². The first-order valence-corrected chi connectivity index (χ1v) is 13.0. The number of hydrogen-bond acceptors (Lipinski definition) is 7. The molecule has 0 spiro atoms. The summed E-state index contributed by atoms with van der Waals surface area (Å²) in [7, 11) is 0. The van der Waals surface area contributed by atoms with Gasteiger partial charge in [0.1, 0.15) is 11.6 Å². The summed E-state index contributed by atoms with van der Waals surface area (Å²) >= 11 is 0. The first-order valence-electron chi connectivity index (χ1n) is 13.0. The van der Waals surface area contributed by atoms with E-state index in [-0.39, 0.29) is 17.8 Å². The fourth-order valence-electron chi connectivity index (χ4n) is 5.02. The van der Waals surface area contributed by atoms with Crippen LogP contribution in [0.15, 0.2) is 79.1 Å². The van der Waals surface area contributed by atoms with E-state index in [9.17, 15) is 33.1 Å². The van der Waals surface area contributed by atoms with Crippen molar-refractivity contribution in [2.75, 3.05) is 0 Å². The van der Waals surface area contributed by atoms with Gasteiger partial charge in [-0.3, -0.25) is 14.8 Å². The van der Waals surface area contributed by atoms with Gasteiger partial charge >= 0.3 is 12.1 Å². The molecule has 0 aliphatic carbocycles. The van der Waals surface area contributed by atoms with Crippen LogP contribution in [0.25, 0.3) is 5.82 Å². The van der Waals surface area contributed by atoms with Crippen LogP contribution in [0, 0.1) is 5.21 Å². The van der Waals surface area contributed by atoms with E-state index in [1.165, 1.54) is 29.1 Å². The lowest BCUT2D eigenvalue weighted by Gasteiger charge is -2.31. The molecule has 0 radical (unpaired) electrons. The van der Waals surface area contributed by atoms with Crippen molar-refractivity contribution < 1.29 is 32.9 Å². The third-order valence-corrected chi connectivity index (χ3v) is 7.13. The average Bonchev–Trinajstić information content (AvgIpc) is 3.61. The summed E-state index contributed by atoms with van der Waals surface area (Å²) < 4.78 is 40.7. The lowest BCUT2D eigenvalue weighted by atomic mass is 10.00. The number of nitrogens with two attached hydrogens (primary N) is 1. The number of carbonyl (C=O) groups excluding carboxylic acids is 2. The molecule has 218 valence electrons. The van der Waals surface area contributed by atoms with Gasteiger partial charge in [-0.15, -0.1) is 0 Å². The summed E-state index contributed by atoms with van der Waals surface area (Å²) in [5.74, 6) is -2.03. The van der Waals surface area contributed by atoms with Gasteiger partial charge in [0.25, 0.3) is 5.91 Å². The van der Waals surface area contributed by atoms with Crippen molar-refractivity contribution in [3.05, 3.63) is 118 Å². The number of aliphatic hydroxyl groups excluding tert-OH is 1. The molecule has 1 aliphatic rings. The molecule has 0 fully saturated rings. The minimum atomic E-state index is -4.42. The maximum atomic E-state index is 13.4. The molecule has 5 rings (SSSR count). The Balaban J connectivity index is 1.34. The number of alkyl halides is 3. The highest BCUT2D eigenvalue weighted by atomic mass is 19.4. The minimum Gasteiger partial charge on any atom is -0.626 e. The normalized spacial score (nSPS) is 15.6. The Hall–Kier alpha value is -4.43. The Morgan fingerprint density at radius 2 is 1.79 bits per heavy atom. The van der Waals surface area contributed by atoms with Gasteiger partial charge in [-0.25, -0.2) is 14.5 Å². The summed E-state index contributed by atoms with van der Waals surface area (Å²) in [6.07, 6.45) is -3.40. The molecule has 4 N–H and O–H groups in total. The van der Waals surface area contributed by atoms with Crippen LogP contribution in [0.3, 0.4) is 0 Å². The first-order chi connectivity index (χ1) is 20.0. The number of rotatable bonds is 9. The number of pyridine rings is 1. The van der Waals surface area contributed by atoms with Crippen LogP contribution in [0.1, 0.15) is 38.3 Å². The highest BCUT2D eigenvalue weighted by Gasteiger charge is 2.36. The number of fused-ring (bicyclic) bond motifs is 1. The van der Waals surface area contributed by atoms with Gasteiger partial charge in [-0.1, -0.05) is 36.4 Å². The van der Waals surface area contributed by atoms with Crippen LogP contribution >= 0.6 is 0 Å². The molecule has 2 amide bonds. The number of amides is 2. The predicted octanol–water partition coefficient (Wildman–Crippen LogP) is 1.78. The van der Waals surface area contributed by atoms with Crippen molar-refractivity contribution in [3.8, 4) is 5.82 Å². The van der Waals surface area contributed by atoms with E-state index in [1.54, 1.807) is 42.6 Å². The van der Waals surface area contributed by atoms with Gasteiger partial charge in [0.05, 0.1) is 11.3 Å². The highest BCUT2D eigenvalue weighted by molar-refractivity contribution is 5.91. The standard InChI is InChI=1S/C29H27F3N6O4/c30-29(31,32)21-9-8-19-15-36(16-20(19)14-21)17-22-10-12-37(35-22)27-23(7-4-11-34-27)28(41)38(42)24(25(39)26(33)40)13-18-5-2-1-3-6-18/h1-12,14,24-25,38-39H,13,15-17H2,(H2,33,40). The van der Waals surface area contributed by atoms with Crippen LogP contribution in [-0.2, 0) is 37.0 Å². The lowest BCUT2D eigenvalue weighted by Crippen LogP contribution is -3.16. The second-order valence-electron chi connectivity index (χ2n) is 10.1. The van der Waals surface area contributed by atoms with E-state index < -0.39 is 40.8 Å². The van der Waals surface area contributed by atoms with Gasteiger partial charge < -0.3 is 16.0 Å². The van der Waals surface area contributed by atoms with Gasteiger partial charge in [-0.2, -0.15) is 18.3 Å². The monoisotopic (exact) mass is 580 g/mol. The summed E-state index contributed by atoms with van der Waals surface area (Å²) in [5, 5.41) is 27.3. The van der Waals surface area contributed by atoms with E-state index in [0.717, 1.165) is 17.7 Å². The number of nitrogens with zero attached hydrogens (tertiary/aromatic N) is 4. The Bertz CT molecular complexity index is 1590. The lowest BCUT2D eigenvalue weighted by molar-refractivity contribution is -0.792. The smallest absolute Gasteiger partial charge is 0.416 e. The molecule has 1 aliphatic heterocycles. The minimum absolute atomic E-state index is 0.0636. The number of halogens is 3. The zero-order valence-corrected chi connectivity index (χ0v) is 22.2. The number of primary amides is 1. The zero-order chi connectivity index (χ0) is 30.0. The largest absolute Gasteiger partial charge is 0.626 e. The second kappa shape index (κ2) is 11.8. The average molecular weight is 581 g/mol. The summed E-state index contributed by atoms with van der Waals surface area (Å²) in [6, 6.07) is 15.5. The van der Waals surface area contributed by atoms with E-state index in [0.29, 0.717) is 36.5 Å². The van der Waals surface area contributed by atoms with Crippen molar-refractivity contribution in [2.45, 2.75) is 44.4 Å². The number of hydrogen-bond donors (Lipinski definition) is 3. The topological polar surface area (TPSA) is 142 Å². The van der Waals surface area contributed by atoms with Crippen LogP contribution in [0.5, 0.6) is 0 Å². The van der Waals surface area contributed by atoms with Gasteiger partial charge in [0.15, 0.2) is 11.9 Å². The first kappa shape index (κ1) is 29.1. The number of quaternary nitrogens is 1. The van der Waals surface area contributed by atoms with Gasteiger partial charge in [0.2, 0.25) is 0 Å². The van der Waals surface area contributed by atoms with Gasteiger partial charge in [0, 0.05) is 38.4 Å². The SMILES string of the molecule is NC(=O)C(O)C(Cc1ccccc1)[NH+]([O-])C(=O)c1cccnc1-n1ccc(CN2Cc3ccc(C(F)(F)F)cc3C2)n1. The predicted molar refractivity (Wildman–Crippen MR) is 144 cm³/mol. The molecule has 10 nitrogen and oxygen atoms in total. The Kier molecular flexibility index (Phi) is 8.18. The van der Waals surface area contributed by atoms with Crippen molar-refractivity contribution in [2.24, 2.45) is 5.73 Å². The molecule has 2 aromatic heterocycles. The maximum absolute atomic E-state index is 13.4. The third kappa shape index (κ3) is 6.24. The van der Waals surface area contributed by atoms with Crippen LogP contribution in [0.2, 0.25) is 0 Å². The molecule has 2 aromatic carbocycles. The molecule has 0 saturated heterocycles. The van der Waals surface area contributed by atoms with Gasteiger partial charge in [-0.05, 0) is 47.0 Å². The maximum Gasteiger partial charge on any atom is 0.416 e. The molecule has 4 aromatic rings. The molecular weight excluding hydrogens is 553 g/mol. The van der Waals surface area contributed by atoms with Crippen molar-refractivity contribution in [1.82, 2.24) is 19.7 Å². The number of aliphatic hydroxyl groups is 1. The van der Waals surface area contributed by atoms with E-state index in [4.69, 9.17) is 5.73 Å². The van der Waals surface area contributed by atoms with Crippen molar-refractivity contribution in [1.29, 1.82) is 0 Å². The van der Waals surface area contributed by atoms with Crippen molar-refractivity contribution in [3.63, 3.8) is 0 Å². The molecule has 3 heterocycles. The molecule has 42 heavy (non-hydrogen) atoms. The third-order valence-electron chi connectivity index (χ3n) is 7.13. The quantitative estimate of drug-likeness (QED) is 0.256. The zero-order valence-electron chi connectivity index (χ0n) is 22.2. The number of carbonyl (C=O) groups is 2. The number of benzene rings is 2. The summed E-state index contributed by atoms with van der Waals surface area (Å²) in [4.78, 5) is 31.4. The number of nitrogens with one attached hydrogen (secondary N) is 1. The molecule has 13 heteroatoms. The molecule has 3 unspecified atom stereocenters.